The molecule has 0 aromatic heterocycles. The van der Waals surface area contributed by atoms with Crippen LogP contribution in [0, 0.1) is 41.5 Å². The number of hydrogen-bond acceptors (Lipinski definition) is 0. The monoisotopic (exact) mass is 816 g/mol. The Morgan fingerprint density at radius 1 is 0.510 bits per heavy atom. The van der Waals surface area contributed by atoms with E-state index in [0.717, 1.165) is 9.52 Å². The molecule has 0 aliphatic carbocycles. The second kappa shape index (κ2) is 20.8. The number of benzene rings is 4. The van der Waals surface area contributed by atoms with Crippen molar-refractivity contribution in [3.63, 3.8) is 0 Å². The van der Waals surface area contributed by atoms with Gasteiger partial charge in [-0.25, -0.2) is 0 Å². The van der Waals surface area contributed by atoms with E-state index < -0.39 is 0 Å². The molecule has 0 atom stereocenters. The average molecular weight is 819 g/mol. The van der Waals surface area contributed by atoms with Gasteiger partial charge in [0.25, 0.3) is 0 Å². The van der Waals surface area contributed by atoms with Gasteiger partial charge in [0.1, 0.15) is 0 Å². The van der Waals surface area contributed by atoms with Gasteiger partial charge >= 0.3 is 26.2 Å². The Bertz CT molecular complexity index is 1780. The third-order valence-corrected chi connectivity index (χ3v) is 9.96. The van der Waals surface area contributed by atoms with Gasteiger partial charge in [0, 0.05) is 35.7 Å². The van der Waals surface area contributed by atoms with Crippen molar-refractivity contribution in [1.82, 2.24) is 0 Å². The van der Waals surface area contributed by atoms with Crippen molar-refractivity contribution in [2.75, 3.05) is 0 Å². The summed E-state index contributed by atoms with van der Waals surface area (Å²) >= 11 is 0. The van der Waals surface area contributed by atoms with Crippen LogP contribution in [0.3, 0.4) is 0 Å². The van der Waals surface area contributed by atoms with Crippen molar-refractivity contribution in [3.8, 4) is 22.3 Å². The Kier molecular flexibility index (Phi) is 18.4. The maximum Gasteiger partial charge on any atom is 2.00 e. The van der Waals surface area contributed by atoms with E-state index in [2.05, 4.69) is 153 Å². The summed E-state index contributed by atoms with van der Waals surface area (Å²) in [4.78, 5) is 0. The molecular formula is C46H56SiZr2. The Morgan fingerprint density at radius 2 is 0.878 bits per heavy atom. The number of aryl methyl sites for hydroxylation is 4. The first-order valence-electron chi connectivity index (χ1n) is 17.7. The maximum atomic E-state index is 2.40. The smallest absolute Gasteiger partial charge is 0.164 e. The molecule has 0 amide bonds. The summed E-state index contributed by atoms with van der Waals surface area (Å²) in [6.45, 7) is 22.2. The maximum absolute atomic E-state index is 2.40. The van der Waals surface area contributed by atoms with Crippen LogP contribution in [0.25, 0.3) is 43.8 Å². The minimum atomic E-state index is 0. The van der Waals surface area contributed by atoms with E-state index in [1.54, 1.807) is 0 Å². The first-order valence-corrected chi connectivity index (χ1v) is 19.7. The van der Waals surface area contributed by atoms with Gasteiger partial charge < -0.3 is 0 Å². The molecule has 49 heavy (non-hydrogen) atoms. The van der Waals surface area contributed by atoms with Gasteiger partial charge in [-0.15, -0.1) is 69.1 Å². The second-order valence-electron chi connectivity index (χ2n) is 13.4. The average Bonchev–Trinajstić information content (AvgIpc) is 3.69. The first-order chi connectivity index (χ1) is 22.6. The van der Waals surface area contributed by atoms with E-state index in [1.807, 2.05) is 0 Å². The Hall–Kier alpha value is -1.92. The van der Waals surface area contributed by atoms with Gasteiger partial charge in [-0.05, 0) is 98.9 Å². The summed E-state index contributed by atoms with van der Waals surface area (Å²) in [5, 5.41) is 5.56. The second-order valence-corrected chi connectivity index (χ2v) is 14.4. The summed E-state index contributed by atoms with van der Waals surface area (Å²) in [7, 11) is 1.08. The van der Waals surface area contributed by atoms with Crippen molar-refractivity contribution in [3.05, 3.63) is 129 Å². The number of unbranched alkanes of at least 4 members (excludes halogenated alkanes) is 2. The molecule has 0 aliphatic rings. The van der Waals surface area contributed by atoms with Gasteiger partial charge in [0.15, 0.2) is 0 Å². The zero-order chi connectivity index (χ0) is 34.1. The summed E-state index contributed by atoms with van der Waals surface area (Å²) in [6.07, 6.45) is 7.44. The minimum absolute atomic E-state index is 0. The van der Waals surface area contributed by atoms with Crippen LogP contribution in [0.4, 0.5) is 0 Å². The Labute approximate surface area is 339 Å². The summed E-state index contributed by atoms with van der Waals surface area (Å²) < 4.78 is 0. The summed E-state index contributed by atoms with van der Waals surface area (Å²) in [5.74, 6) is 0. The van der Waals surface area contributed by atoms with Crippen molar-refractivity contribution in [1.29, 1.82) is 0 Å². The van der Waals surface area contributed by atoms with Gasteiger partial charge in [-0.1, -0.05) is 100 Å². The first kappa shape index (κ1) is 43.2. The standard InChI is InChI=1S/2C22H25.C2H6Si.2Zr/c2*1-5-6-8-18-13-19-9-7-10-21(22(19)14-18)20-12-11-15(2)16(3)17(20)4;1-3-2;;/h2*7,9-14H,5-6,8H2,1-4H3;1-2H3;;/q2*-1;;;+2. The van der Waals surface area contributed by atoms with E-state index in [4.69, 9.17) is 0 Å². The van der Waals surface area contributed by atoms with Crippen LogP contribution in [0.2, 0.25) is 13.1 Å². The number of rotatable bonds is 8. The Balaban J connectivity index is 0.000000304. The fourth-order valence-corrected chi connectivity index (χ4v) is 6.61. The third-order valence-electron chi connectivity index (χ3n) is 9.96. The van der Waals surface area contributed by atoms with Crippen LogP contribution < -0.4 is 0 Å². The molecule has 2 radical (unpaired) electrons. The minimum Gasteiger partial charge on any atom is -0.164 e. The third kappa shape index (κ3) is 10.6. The predicted octanol–water partition coefficient (Wildman–Crippen LogP) is 13.8. The molecule has 0 saturated carbocycles. The molecule has 0 N–H and O–H groups in total. The largest absolute Gasteiger partial charge is 2.00 e. The topological polar surface area (TPSA) is 0 Å². The molecule has 6 rings (SSSR count). The van der Waals surface area contributed by atoms with Crippen molar-refractivity contribution < 1.29 is 52.4 Å². The molecule has 0 aliphatic heterocycles. The fourth-order valence-electron chi connectivity index (χ4n) is 6.61. The molecular weight excluding hydrogens is 763 g/mol. The van der Waals surface area contributed by atoms with Gasteiger partial charge in [-0.2, -0.15) is 12.1 Å². The van der Waals surface area contributed by atoms with Crippen LogP contribution in [-0.2, 0) is 65.2 Å². The van der Waals surface area contributed by atoms with Crippen molar-refractivity contribution >= 4 is 31.1 Å². The normalized spacial score (nSPS) is 10.5. The van der Waals surface area contributed by atoms with Gasteiger partial charge in [0.05, 0.1) is 0 Å². The number of hydrogen-bond donors (Lipinski definition) is 0. The van der Waals surface area contributed by atoms with E-state index in [0.29, 0.717) is 0 Å². The van der Waals surface area contributed by atoms with Crippen LogP contribution in [0.5, 0.6) is 0 Å². The van der Waals surface area contributed by atoms with Crippen molar-refractivity contribution in [2.24, 2.45) is 0 Å². The molecule has 0 bridgehead atoms. The van der Waals surface area contributed by atoms with Gasteiger partial charge in [-0.3, -0.25) is 0 Å². The van der Waals surface area contributed by atoms with Crippen LogP contribution >= 0.6 is 0 Å². The quantitative estimate of drug-likeness (QED) is 0.106. The molecule has 6 aromatic carbocycles. The molecule has 0 saturated heterocycles. The summed E-state index contributed by atoms with van der Waals surface area (Å²) in [5.41, 5.74) is 16.8. The molecule has 252 valence electrons. The zero-order valence-corrected chi connectivity index (χ0v) is 37.7. The molecule has 6 aromatic rings. The fraction of sp³-hybridized carbons (Fsp3) is 0.348. The van der Waals surface area contributed by atoms with Gasteiger partial charge in [0.2, 0.25) is 0 Å². The van der Waals surface area contributed by atoms with Crippen LogP contribution in [0.1, 0.15) is 84.0 Å². The summed E-state index contributed by atoms with van der Waals surface area (Å²) in [6, 6.07) is 32.0. The van der Waals surface area contributed by atoms with E-state index in [-0.39, 0.29) is 52.4 Å². The van der Waals surface area contributed by atoms with E-state index >= 15 is 0 Å². The molecule has 0 unspecified atom stereocenters. The van der Waals surface area contributed by atoms with Crippen LogP contribution in [-0.4, -0.2) is 9.52 Å². The molecule has 3 heteroatoms. The molecule has 0 heterocycles. The van der Waals surface area contributed by atoms with E-state index in [1.165, 1.54) is 127 Å². The van der Waals surface area contributed by atoms with E-state index in [9.17, 15) is 0 Å². The van der Waals surface area contributed by atoms with Crippen molar-refractivity contribution in [2.45, 2.75) is 107 Å². The Morgan fingerprint density at radius 3 is 1.22 bits per heavy atom. The number of fused-ring (bicyclic) bond motifs is 2. The molecule has 0 spiro atoms. The predicted molar refractivity (Wildman–Crippen MR) is 213 cm³/mol. The van der Waals surface area contributed by atoms with Crippen LogP contribution in [0.15, 0.2) is 84.9 Å². The molecule has 0 fully saturated rings. The SMILES string of the molecule is CCCCc1cc2c(-c3ccc(C)c(C)c3C)cccc2[cH-]1.CCCCc1cc2c(-c3ccc(C)c(C)c3C)cccc2[cH-]1.C[Si]C.[Zr+2].[Zr]. The zero-order valence-electron chi connectivity index (χ0n) is 31.8. The molecule has 0 nitrogen and oxygen atoms in total.